The van der Waals surface area contributed by atoms with Gasteiger partial charge in [0, 0.05) is 46.4 Å². The van der Waals surface area contributed by atoms with Crippen LogP contribution in [0.2, 0.25) is 0 Å². The van der Waals surface area contributed by atoms with E-state index in [1.807, 2.05) is 56.3 Å². The molecule has 4 unspecified atom stereocenters. The van der Waals surface area contributed by atoms with E-state index >= 15 is 0 Å². The highest BCUT2D eigenvalue weighted by atomic mass is 19.1. The first kappa shape index (κ1) is 50.6. The number of hydrogen-bond donors (Lipinski definition) is 6. The molecule has 0 spiro atoms. The second kappa shape index (κ2) is 24.8. The van der Waals surface area contributed by atoms with E-state index < -0.39 is 72.7 Å². The molecule has 0 saturated carbocycles. The highest BCUT2D eigenvalue weighted by Crippen LogP contribution is 2.21. The predicted molar refractivity (Wildman–Crippen MR) is 249 cm³/mol. The average molecular weight is 910 g/mol. The predicted octanol–water partition coefficient (Wildman–Crippen LogP) is 3.09. The lowest BCUT2D eigenvalue weighted by Gasteiger charge is -2.32. The summed E-state index contributed by atoms with van der Waals surface area (Å²) in [5, 5.41) is 33.3. The molecule has 1 heterocycles. The SMILES string of the molecule is CC(C)CC(C(=O)NCCN1CCCC1)N(C)C(=O)CNC(=O)C(Cc1ccc(O)cc1)N(C)C(=O)C(CO)NC(=O)C(Cc1cccc2ccccc12)NC(=O)CCc1ccc(F)cc1. The Bertz CT molecular complexity index is 2260. The first-order valence-corrected chi connectivity index (χ1v) is 22.6. The Labute approximate surface area is 386 Å². The van der Waals surface area contributed by atoms with Crippen molar-refractivity contribution >= 4 is 46.2 Å². The molecule has 0 radical (unpaired) electrons. The minimum atomic E-state index is -1.56. The van der Waals surface area contributed by atoms with Crippen LogP contribution in [0.1, 0.15) is 56.2 Å². The topological polar surface area (TPSA) is 201 Å². The van der Waals surface area contributed by atoms with Crippen LogP contribution in [0.15, 0.2) is 91.0 Å². The van der Waals surface area contributed by atoms with Crippen LogP contribution in [-0.2, 0) is 48.0 Å². The molecule has 0 aromatic heterocycles. The molecule has 15 nitrogen and oxygen atoms in total. The third kappa shape index (κ3) is 14.8. The van der Waals surface area contributed by atoms with Gasteiger partial charge < -0.3 is 46.2 Å². The van der Waals surface area contributed by atoms with Crippen molar-refractivity contribution < 1.29 is 43.4 Å². The van der Waals surface area contributed by atoms with Crippen molar-refractivity contribution in [1.82, 2.24) is 36.0 Å². The highest BCUT2D eigenvalue weighted by molar-refractivity contribution is 5.96. The van der Waals surface area contributed by atoms with Crippen LogP contribution < -0.4 is 21.3 Å². The zero-order chi connectivity index (χ0) is 47.8. The maximum atomic E-state index is 14.2. The van der Waals surface area contributed by atoms with Crippen molar-refractivity contribution in [3.8, 4) is 5.75 Å². The van der Waals surface area contributed by atoms with Crippen molar-refractivity contribution in [2.75, 3.05) is 53.4 Å². The standard InChI is InChI=1S/C50H64FN7O8/c1-33(2)28-43(48(64)52-24-27-58-25-7-8-26-58)56(3)46(62)31-53-49(65)44(29-35-16-21-39(60)22-17-35)57(4)50(66)42(32-59)55-47(63)41(30-37-12-9-11-36-10-5-6-13-40(36)37)54-45(61)23-18-34-14-19-38(51)20-15-34/h5-6,9-17,19-22,33,41-44,59-60H,7-8,18,23-32H2,1-4H3,(H,52,64)(H,53,65)(H,54,61)(H,55,63). The normalized spacial score (nSPS) is 14.5. The molecule has 0 bridgehead atoms. The van der Waals surface area contributed by atoms with E-state index in [0.717, 1.165) is 52.7 Å². The Morgan fingerprint density at radius 3 is 2.06 bits per heavy atom. The average Bonchev–Trinajstić information content (AvgIpc) is 3.84. The number of aliphatic hydroxyl groups excluding tert-OH is 1. The van der Waals surface area contributed by atoms with Crippen LogP contribution in [0.3, 0.4) is 0 Å². The molecule has 1 saturated heterocycles. The summed E-state index contributed by atoms with van der Waals surface area (Å²) in [6.45, 7) is 5.69. The number of fused-ring (bicyclic) bond motifs is 1. The van der Waals surface area contributed by atoms with Crippen LogP contribution in [0, 0.1) is 11.7 Å². The molecule has 354 valence electrons. The molecule has 6 N–H and O–H groups in total. The summed E-state index contributed by atoms with van der Waals surface area (Å²) in [6.07, 6.45) is 2.86. The molecule has 0 aliphatic carbocycles. The smallest absolute Gasteiger partial charge is 0.247 e. The molecule has 4 aromatic rings. The minimum Gasteiger partial charge on any atom is -0.508 e. The quantitative estimate of drug-likeness (QED) is 0.0648. The Balaban J connectivity index is 1.30. The molecular weight excluding hydrogens is 846 g/mol. The minimum absolute atomic E-state index is 0.0162. The largest absolute Gasteiger partial charge is 0.508 e. The Morgan fingerprint density at radius 1 is 0.727 bits per heavy atom. The van der Waals surface area contributed by atoms with Crippen molar-refractivity contribution in [1.29, 1.82) is 0 Å². The zero-order valence-electron chi connectivity index (χ0n) is 38.3. The zero-order valence-corrected chi connectivity index (χ0v) is 38.3. The number of benzene rings is 4. The fourth-order valence-corrected chi connectivity index (χ4v) is 8.12. The number of carbonyl (C=O) groups is 6. The molecule has 1 aliphatic rings. The maximum absolute atomic E-state index is 14.2. The lowest BCUT2D eigenvalue weighted by Crippen LogP contribution is -2.59. The summed E-state index contributed by atoms with van der Waals surface area (Å²) in [6, 6.07) is 20.1. The number of aromatic hydroxyl groups is 1. The van der Waals surface area contributed by atoms with E-state index in [2.05, 4.69) is 26.2 Å². The van der Waals surface area contributed by atoms with Crippen LogP contribution >= 0.6 is 0 Å². The molecule has 5 rings (SSSR count). The summed E-state index contributed by atoms with van der Waals surface area (Å²) in [5.74, 6) is -3.95. The summed E-state index contributed by atoms with van der Waals surface area (Å²) in [7, 11) is 2.85. The maximum Gasteiger partial charge on any atom is 0.247 e. The molecule has 1 fully saturated rings. The second-order valence-corrected chi connectivity index (χ2v) is 17.4. The van der Waals surface area contributed by atoms with Crippen LogP contribution in [0.25, 0.3) is 10.8 Å². The van der Waals surface area contributed by atoms with Gasteiger partial charge in [0.25, 0.3) is 0 Å². The number of phenolic OH excluding ortho intramolecular Hbond substituents is 1. The monoisotopic (exact) mass is 909 g/mol. The molecule has 1 aliphatic heterocycles. The van der Waals surface area contributed by atoms with E-state index in [1.54, 1.807) is 24.3 Å². The van der Waals surface area contributed by atoms with Crippen molar-refractivity contribution in [2.24, 2.45) is 5.92 Å². The lowest BCUT2D eigenvalue weighted by atomic mass is 9.98. The number of nitrogens with one attached hydrogen (secondary N) is 4. The summed E-state index contributed by atoms with van der Waals surface area (Å²) in [5.41, 5.74) is 2.02. The van der Waals surface area contributed by atoms with Crippen LogP contribution in [-0.4, -0.2) is 138 Å². The molecular formula is C50H64FN7O8. The Kier molecular flexibility index (Phi) is 19.0. The number of aryl methyl sites for hydroxylation is 1. The van der Waals surface area contributed by atoms with Gasteiger partial charge in [-0.25, -0.2) is 4.39 Å². The number of likely N-dealkylation sites (N-methyl/N-ethyl adjacent to an activating group) is 2. The molecule has 4 aromatic carbocycles. The van der Waals surface area contributed by atoms with E-state index in [1.165, 1.54) is 43.3 Å². The van der Waals surface area contributed by atoms with Crippen molar-refractivity contribution in [3.63, 3.8) is 0 Å². The summed E-state index contributed by atoms with van der Waals surface area (Å²) < 4.78 is 13.5. The molecule has 66 heavy (non-hydrogen) atoms. The van der Waals surface area contributed by atoms with Gasteiger partial charge in [-0.05, 0) is 96.4 Å². The van der Waals surface area contributed by atoms with Crippen LogP contribution in [0.5, 0.6) is 5.75 Å². The fourth-order valence-electron chi connectivity index (χ4n) is 8.12. The van der Waals surface area contributed by atoms with Gasteiger partial charge in [0.05, 0.1) is 13.2 Å². The first-order chi connectivity index (χ1) is 31.6. The number of hydrogen-bond acceptors (Lipinski definition) is 9. The van der Waals surface area contributed by atoms with Gasteiger partial charge in [0.15, 0.2) is 0 Å². The van der Waals surface area contributed by atoms with Crippen molar-refractivity contribution in [3.05, 3.63) is 114 Å². The van der Waals surface area contributed by atoms with Gasteiger partial charge in [-0.1, -0.05) is 80.6 Å². The number of amides is 6. The van der Waals surface area contributed by atoms with Gasteiger partial charge in [0.1, 0.15) is 35.7 Å². The number of carbonyl (C=O) groups excluding carboxylic acids is 6. The van der Waals surface area contributed by atoms with E-state index in [-0.39, 0.29) is 43.3 Å². The summed E-state index contributed by atoms with van der Waals surface area (Å²) in [4.78, 5) is 87.5. The Morgan fingerprint density at radius 2 is 1.38 bits per heavy atom. The molecule has 16 heteroatoms. The molecule has 4 atom stereocenters. The van der Waals surface area contributed by atoms with Gasteiger partial charge in [-0.15, -0.1) is 0 Å². The fraction of sp³-hybridized carbons (Fsp3) is 0.440. The first-order valence-electron chi connectivity index (χ1n) is 22.6. The summed E-state index contributed by atoms with van der Waals surface area (Å²) >= 11 is 0. The number of aliphatic hydroxyl groups is 1. The number of halogens is 1. The van der Waals surface area contributed by atoms with Gasteiger partial charge >= 0.3 is 0 Å². The number of nitrogens with zero attached hydrogens (tertiary/aromatic N) is 3. The highest BCUT2D eigenvalue weighted by Gasteiger charge is 2.35. The lowest BCUT2D eigenvalue weighted by molar-refractivity contribution is -0.144. The van der Waals surface area contributed by atoms with Gasteiger partial charge in [-0.3, -0.25) is 28.8 Å². The third-order valence-electron chi connectivity index (χ3n) is 12.0. The number of likely N-dealkylation sites (tertiary alicyclic amines) is 1. The Hall–Kier alpha value is -6.39. The number of phenols is 1. The van der Waals surface area contributed by atoms with E-state index in [0.29, 0.717) is 25.1 Å². The van der Waals surface area contributed by atoms with E-state index in [9.17, 15) is 43.4 Å². The van der Waals surface area contributed by atoms with Crippen molar-refractivity contribution in [2.45, 2.75) is 83.0 Å². The van der Waals surface area contributed by atoms with E-state index in [4.69, 9.17) is 0 Å². The number of rotatable bonds is 23. The van der Waals surface area contributed by atoms with Crippen LogP contribution in [0.4, 0.5) is 4.39 Å². The third-order valence-corrected chi connectivity index (χ3v) is 12.0. The molecule has 6 amide bonds. The second-order valence-electron chi connectivity index (χ2n) is 17.4. The van der Waals surface area contributed by atoms with Gasteiger partial charge in [0.2, 0.25) is 35.4 Å². The van der Waals surface area contributed by atoms with Gasteiger partial charge in [-0.2, -0.15) is 0 Å².